The van der Waals surface area contributed by atoms with Crippen molar-refractivity contribution in [1.29, 1.82) is 0 Å². The average Bonchev–Trinajstić information content (AvgIpc) is 3.30. The monoisotopic (exact) mass is 592 g/mol. The van der Waals surface area contributed by atoms with Crippen molar-refractivity contribution in [1.82, 2.24) is 9.80 Å². The molecule has 6 rings (SSSR count). The predicted octanol–water partition coefficient (Wildman–Crippen LogP) is 5.69. The molecule has 1 N–H and O–H groups in total. The summed E-state index contributed by atoms with van der Waals surface area (Å²) in [7, 11) is 0. The van der Waals surface area contributed by atoms with Gasteiger partial charge in [0.05, 0.1) is 10.8 Å². The highest BCUT2D eigenvalue weighted by Gasteiger charge is 2.52. The molecule has 2 spiro atoms. The van der Waals surface area contributed by atoms with Crippen molar-refractivity contribution in [2.45, 2.75) is 82.2 Å². The van der Waals surface area contributed by atoms with E-state index in [0.717, 1.165) is 80.6 Å². The molecule has 4 aliphatic heterocycles. The van der Waals surface area contributed by atoms with Crippen LogP contribution >= 0.6 is 15.9 Å². The molecule has 2 fully saturated rings. The molecule has 0 saturated carbocycles. The maximum atomic E-state index is 14.2. The van der Waals surface area contributed by atoms with E-state index in [9.17, 15) is 9.59 Å². The molecule has 0 bridgehead atoms. The molecule has 4 aliphatic rings. The number of carbonyl (C=O) groups excluding carboxylic acids is 2. The fraction of sp³-hybridized carbons (Fsp3) is 0.562. The van der Waals surface area contributed by atoms with Gasteiger partial charge in [0.1, 0.15) is 0 Å². The Hall–Kier alpha value is -2.22. The van der Waals surface area contributed by atoms with Crippen LogP contribution in [0.1, 0.15) is 70.4 Å². The molecule has 0 radical (unpaired) electrons. The number of likely N-dealkylation sites (tertiary alicyclic amines) is 2. The van der Waals surface area contributed by atoms with Crippen LogP contribution in [-0.2, 0) is 20.4 Å². The van der Waals surface area contributed by atoms with Gasteiger partial charge in [-0.25, -0.2) is 0 Å². The summed E-state index contributed by atoms with van der Waals surface area (Å²) in [6.45, 7) is 11.3. The number of carbonyl (C=O) groups is 2. The molecule has 2 aromatic carbocycles. The Morgan fingerprint density at radius 3 is 2.23 bits per heavy atom. The number of halogens is 1. The number of benzene rings is 2. The van der Waals surface area contributed by atoms with E-state index < -0.39 is 5.41 Å². The van der Waals surface area contributed by atoms with Gasteiger partial charge in [-0.05, 0) is 121 Å². The number of hydrogen-bond donors (Lipinski definition) is 1. The molecule has 7 heteroatoms. The van der Waals surface area contributed by atoms with E-state index in [-0.39, 0.29) is 23.3 Å². The van der Waals surface area contributed by atoms with E-state index in [1.165, 1.54) is 11.1 Å². The second kappa shape index (κ2) is 10.3. The number of nitrogens with one attached hydrogen (secondary N) is 1. The highest BCUT2D eigenvalue weighted by molar-refractivity contribution is 9.10. The third kappa shape index (κ3) is 4.45. The molecule has 0 aliphatic carbocycles. The van der Waals surface area contributed by atoms with Gasteiger partial charge in [-0.2, -0.15) is 0 Å². The first-order valence-corrected chi connectivity index (χ1v) is 15.6. The standard InChI is InChI=1S/C32H41BrN4O2/c1-22(2)35-18-14-32(15-19-35)26-20-24(33)10-11-28(26)37(30(32)39)21-23(3)36-16-6-12-31(13-7-17-36)25-8-4-5-9-27(25)34-29(31)38/h4-5,8-11,20,22-23H,6-7,12-19,21H2,1-3H3,(H,34,38). The minimum atomic E-state index is -0.407. The van der Waals surface area contributed by atoms with Crippen LogP contribution in [0.2, 0.25) is 0 Å². The second-order valence-electron chi connectivity index (χ2n) is 12.5. The Labute approximate surface area is 241 Å². The molecule has 39 heavy (non-hydrogen) atoms. The summed E-state index contributed by atoms with van der Waals surface area (Å²) >= 11 is 3.68. The summed E-state index contributed by atoms with van der Waals surface area (Å²) in [4.78, 5) is 34.5. The summed E-state index contributed by atoms with van der Waals surface area (Å²) in [6.07, 6.45) is 5.44. The maximum Gasteiger partial charge on any atom is 0.237 e. The van der Waals surface area contributed by atoms with Gasteiger partial charge in [-0.1, -0.05) is 34.1 Å². The Morgan fingerprint density at radius 1 is 0.846 bits per heavy atom. The zero-order valence-electron chi connectivity index (χ0n) is 23.5. The van der Waals surface area contributed by atoms with E-state index in [4.69, 9.17) is 0 Å². The molecular weight excluding hydrogens is 552 g/mol. The number of nitrogens with zero attached hydrogens (tertiary/aromatic N) is 3. The Morgan fingerprint density at radius 2 is 1.54 bits per heavy atom. The Balaban J connectivity index is 1.17. The van der Waals surface area contributed by atoms with Crippen LogP contribution in [-0.4, -0.2) is 66.4 Å². The molecule has 2 aromatic rings. The van der Waals surface area contributed by atoms with Crippen LogP contribution in [0.15, 0.2) is 46.9 Å². The first kappa shape index (κ1) is 27.0. The summed E-state index contributed by atoms with van der Waals surface area (Å²) in [6, 6.07) is 15.4. The number of rotatable bonds is 4. The third-order valence-corrected chi connectivity index (χ3v) is 10.6. The fourth-order valence-electron chi connectivity index (χ4n) is 7.79. The van der Waals surface area contributed by atoms with Gasteiger partial charge in [-0.15, -0.1) is 0 Å². The SMILES string of the molecule is CC(C)N1CCC2(CC1)C(=O)N(CC(C)N1CCCC3(CCC1)C(=O)Nc1ccccc13)c1ccc(Br)cc12. The molecule has 208 valence electrons. The van der Waals surface area contributed by atoms with Gasteiger partial charge in [0, 0.05) is 34.5 Å². The topological polar surface area (TPSA) is 55.9 Å². The fourth-order valence-corrected chi connectivity index (χ4v) is 8.15. The lowest BCUT2D eigenvalue weighted by Gasteiger charge is -2.41. The van der Waals surface area contributed by atoms with Crippen LogP contribution < -0.4 is 10.2 Å². The maximum absolute atomic E-state index is 14.2. The van der Waals surface area contributed by atoms with Crippen LogP contribution in [0.25, 0.3) is 0 Å². The zero-order chi connectivity index (χ0) is 27.4. The van der Waals surface area contributed by atoms with Crippen molar-refractivity contribution in [3.05, 3.63) is 58.1 Å². The number of para-hydroxylation sites is 1. The Kier molecular flexibility index (Phi) is 7.13. The van der Waals surface area contributed by atoms with E-state index in [1.54, 1.807) is 0 Å². The summed E-state index contributed by atoms with van der Waals surface area (Å²) in [5, 5.41) is 3.14. The van der Waals surface area contributed by atoms with Crippen molar-refractivity contribution >= 4 is 39.1 Å². The quantitative estimate of drug-likeness (QED) is 0.495. The molecular formula is C32H41BrN4O2. The van der Waals surface area contributed by atoms with Gasteiger partial charge in [0.15, 0.2) is 0 Å². The first-order valence-electron chi connectivity index (χ1n) is 14.8. The highest BCUT2D eigenvalue weighted by Crippen LogP contribution is 2.49. The van der Waals surface area contributed by atoms with Crippen molar-refractivity contribution in [2.24, 2.45) is 0 Å². The number of amides is 2. The van der Waals surface area contributed by atoms with Crippen molar-refractivity contribution in [2.75, 3.05) is 42.9 Å². The third-order valence-electron chi connectivity index (χ3n) is 10.1. The molecule has 2 amide bonds. The van der Waals surface area contributed by atoms with Crippen LogP contribution in [0.3, 0.4) is 0 Å². The molecule has 2 saturated heterocycles. The van der Waals surface area contributed by atoms with Crippen molar-refractivity contribution < 1.29 is 9.59 Å². The van der Waals surface area contributed by atoms with Crippen LogP contribution in [0.5, 0.6) is 0 Å². The average molecular weight is 594 g/mol. The van der Waals surface area contributed by atoms with Crippen LogP contribution in [0, 0.1) is 0 Å². The molecule has 0 aromatic heterocycles. The Bertz CT molecular complexity index is 1260. The lowest BCUT2D eigenvalue weighted by Crippen LogP contribution is -2.52. The van der Waals surface area contributed by atoms with E-state index >= 15 is 0 Å². The van der Waals surface area contributed by atoms with Crippen LogP contribution in [0.4, 0.5) is 11.4 Å². The largest absolute Gasteiger partial charge is 0.325 e. The van der Waals surface area contributed by atoms with Crippen molar-refractivity contribution in [3.8, 4) is 0 Å². The summed E-state index contributed by atoms with van der Waals surface area (Å²) < 4.78 is 1.05. The number of anilines is 2. The molecule has 4 heterocycles. The minimum absolute atomic E-state index is 0.171. The van der Waals surface area contributed by atoms with E-state index in [2.05, 4.69) is 87.0 Å². The van der Waals surface area contributed by atoms with Gasteiger partial charge < -0.3 is 15.1 Å². The number of piperidine rings is 1. The van der Waals surface area contributed by atoms with Gasteiger partial charge >= 0.3 is 0 Å². The minimum Gasteiger partial charge on any atom is -0.325 e. The summed E-state index contributed by atoms with van der Waals surface area (Å²) in [5.41, 5.74) is 3.67. The van der Waals surface area contributed by atoms with Gasteiger partial charge in [0.2, 0.25) is 11.8 Å². The van der Waals surface area contributed by atoms with E-state index in [1.807, 2.05) is 12.1 Å². The molecule has 1 unspecified atom stereocenters. The lowest BCUT2D eigenvalue weighted by atomic mass is 9.73. The van der Waals surface area contributed by atoms with E-state index in [0.29, 0.717) is 12.6 Å². The highest BCUT2D eigenvalue weighted by atomic mass is 79.9. The smallest absolute Gasteiger partial charge is 0.237 e. The summed E-state index contributed by atoms with van der Waals surface area (Å²) in [5.74, 6) is 0.459. The van der Waals surface area contributed by atoms with Crippen molar-refractivity contribution in [3.63, 3.8) is 0 Å². The number of fused-ring (bicyclic) bond motifs is 4. The molecule has 6 nitrogen and oxygen atoms in total. The number of hydrogen-bond acceptors (Lipinski definition) is 4. The lowest BCUT2D eigenvalue weighted by molar-refractivity contribution is -0.125. The first-order chi connectivity index (χ1) is 18.7. The normalized spacial score (nSPS) is 23.6. The predicted molar refractivity (Wildman–Crippen MR) is 160 cm³/mol. The van der Waals surface area contributed by atoms with Gasteiger partial charge in [-0.3, -0.25) is 14.5 Å². The second-order valence-corrected chi connectivity index (χ2v) is 13.4. The molecule has 1 atom stereocenters. The zero-order valence-corrected chi connectivity index (χ0v) is 25.1. The van der Waals surface area contributed by atoms with Gasteiger partial charge in [0.25, 0.3) is 0 Å².